The summed E-state index contributed by atoms with van der Waals surface area (Å²) in [4.78, 5) is 24.1. The third kappa shape index (κ3) is 2.63. The number of anilines is 2. The number of para-hydroxylation sites is 1. The third-order valence-corrected chi connectivity index (χ3v) is 2.84. The fourth-order valence-electron chi connectivity index (χ4n) is 1.80. The highest BCUT2D eigenvalue weighted by molar-refractivity contribution is 5.54. The second kappa shape index (κ2) is 5.51. The van der Waals surface area contributed by atoms with Crippen molar-refractivity contribution < 1.29 is 0 Å². The minimum Gasteiger partial charge on any atom is -0.246 e. The van der Waals surface area contributed by atoms with Crippen LogP contribution in [0.2, 0.25) is 0 Å². The van der Waals surface area contributed by atoms with Crippen LogP contribution in [0.4, 0.5) is 11.6 Å². The lowest BCUT2D eigenvalue weighted by atomic mass is 10.3. The van der Waals surface area contributed by atoms with E-state index in [1.165, 1.54) is 15.9 Å². The molecule has 0 fully saturated rings. The smallest absolute Gasteiger partial charge is 0.246 e. The molecule has 0 aliphatic heterocycles. The van der Waals surface area contributed by atoms with Crippen LogP contribution >= 0.6 is 0 Å². The molecular weight excluding hydrogens is 268 g/mol. The number of nitrogens with two attached hydrogens (primary N) is 1. The zero-order valence-electron chi connectivity index (χ0n) is 11.0. The van der Waals surface area contributed by atoms with Gasteiger partial charge in [0.1, 0.15) is 12.1 Å². The maximum absolute atomic E-state index is 12.1. The Labute approximate surface area is 120 Å². The molecule has 7 nitrogen and oxygen atoms in total. The second-order valence-corrected chi connectivity index (χ2v) is 4.20. The maximum atomic E-state index is 12.1. The van der Waals surface area contributed by atoms with Crippen LogP contribution in [0.3, 0.4) is 0 Å². The fraction of sp³-hybridized carbons (Fsp3) is 0. The molecule has 2 N–H and O–H groups in total. The topological polar surface area (TPSA) is 89.9 Å². The van der Waals surface area contributed by atoms with E-state index in [4.69, 9.17) is 5.84 Å². The van der Waals surface area contributed by atoms with Crippen LogP contribution in [0.1, 0.15) is 0 Å². The summed E-state index contributed by atoms with van der Waals surface area (Å²) in [5.74, 6) is 6.50. The van der Waals surface area contributed by atoms with Crippen molar-refractivity contribution in [2.24, 2.45) is 5.84 Å². The van der Waals surface area contributed by atoms with E-state index in [1.54, 1.807) is 36.5 Å². The monoisotopic (exact) mass is 280 g/mol. The second-order valence-electron chi connectivity index (χ2n) is 4.20. The Morgan fingerprint density at radius 3 is 2.43 bits per heavy atom. The summed E-state index contributed by atoms with van der Waals surface area (Å²) in [5, 5.41) is 1.25. The Kier molecular flexibility index (Phi) is 3.40. The highest BCUT2D eigenvalue weighted by Crippen LogP contribution is 2.15. The molecule has 104 valence electrons. The minimum absolute atomic E-state index is 0.124. The van der Waals surface area contributed by atoms with Gasteiger partial charge in [-0.05, 0) is 24.3 Å². The van der Waals surface area contributed by atoms with Gasteiger partial charge in [0.15, 0.2) is 0 Å². The number of nitrogens with zero attached hydrogens (tertiary/aromatic N) is 5. The third-order valence-electron chi connectivity index (χ3n) is 2.84. The van der Waals surface area contributed by atoms with E-state index in [9.17, 15) is 4.79 Å². The van der Waals surface area contributed by atoms with Crippen LogP contribution in [0.15, 0.2) is 65.8 Å². The van der Waals surface area contributed by atoms with E-state index in [0.717, 1.165) is 0 Å². The lowest BCUT2D eigenvalue weighted by Gasteiger charge is -2.16. The number of pyridine rings is 1. The van der Waals surface area contributed by atoms with Gasteiger partial charge < -0.3 is 0 Å². The number of rotatable bonds is 3. The lowest BCUT2D eigenvalue weighted by Crippen LogP contribution is -2.32. The molecule has 0 bridgehead atoms. The molecule has 0 amide bonds. The van der Waals surface area contributed by atoms with Gasteiger partial charge in [0.25, 0.3) is 5.95 Å². The molecule has 0 unspecified atom stereocenters. The quantitative estimate of drug-likeness (QED) is 0.569. The Bertz CT molecular complexity index is 787. The van der Waals surface area contributed by atoms with Crippen LogP contribution in [-0.2, 0) is 0 Å². The Morgan fingerprint density at radius 1 is 1.00 bits per heavy atom. The molecule has 21 heavy (non-hydrogen) atoms. The van der Waals surface area contributed by atoms with Gasteiger partial charge in [-0.1, -0.05) is 24.3 Å². The van der Waals surface area contributed by atoms with Crippen molar-refractivity contribution in [1.29, 1.82) is 0 Å². The van der Waals surface area contributed by atoms with Gasteiger partial charge in [0.05, 0.1) is 5.69 Å². The van der Waals surface area contributed by atoms with Gasteiger partial charge >= 0.3 is 5.69 Å². The van der Waals surface area contributed by atoms with Gasteiger partial charge in [0, 0.05) is 6.20 Å². The highest BCUT2D eigenvalue weighted by Gasteiger charge is 2.10. The minimum atomic E-state index is -0.495. The number of aromatic nitrogens is 4. The Hall–Kier alpha value is -3.06. The van der Waals surface area contributed by atoms with Crippen molar-refractivity contribution in [2.45, 2.75) is 0 Å². The van der Waals surface area contributed by atoms with Crippen molar-refractivity contribution >= 4 is 11.6 Å². The van der Waals surface area contributed by atoms with E-state index >= 15 is 0 Å². The van der Waals surface area contributed by atoms with Gasteiger partial charge in [-0.25, -0.2) is 30.2 Å². The molecule has 3 aromatic rings. The van der Waals surface area contributed by atoms with Crippen LogP contribution in [-0.4, -0.2) is 19.5 Å². The maximum Gasteiger partial charge on any atom is 0.357 e. The average Bonchev–Trinajstić information content (AvgIpc) is 2.55. The van der Waals surface area contributed by atoms with E-state index in [0.29, 0.717) is 11.5 Å². The predicted octanol–water partition coefficient (Wildman–Crippen LogP) is 1.03. The van der Waals surface area contributed by atoms with Crippen molar-refractivity contribution in [3.8, 4) is 5.82 Å². The van der Waals surface area contributed by atoms with E-state index in [-0.39, 0.29) is 5.95 Å². The first-order valence-corrected chi connectivity index (χ1v) is 6.23. The van der Waals surface area contributed by atoms with E-state index < -0.39 is 5.69 Å². The first-order chi connectivity index (χ1) is 10.3. The molecule has 0 atom stereocenters. The van der Waals surface area contributed by atoms with Crippen molar-refractivity contribution in [1.82, 2.24) is 19.5 Å². The van der Waals surface area contributed by atoms with Gasteiger partial charge in [-0.3, -0.25) is 0 Å². The fourth-order valence-corrected chi connectivity index (χ4v) is 1.80. The Balaban J connectivity index is 1.97. The first kappa shape index (κ1) is 12.9. The van der Waals surface area contributed by atoms with Gasteiger partial charge in [-0.2, -0.15) is 4.98 Å². The largest absolute Gasteiger partial charge is 0.357 e. The summed E-state index contributed by atoms with van der Waals surface area (Å²) >= 11 is 0. The van der Waals surface area contributed by atoms with Crippen LogP contribution in [0, 0.1) is 0 Å². The van der Waals surface area contributed by atoms with Gasteiger partial charge in [-0.15, -0.1) is 0 Å². The van der Waals surface area contributed by atoms with Crippen molar-refractivity contribution in [3.05, 3.63) is 71.5 Å². The molecule has 0 aliphatic rings. The molecular formula is C14H12N6O. The molecule has 2 heterocycles. The lowest BCUT2D eigenvalue weighted by molar-refractivity contribution is 0.815. The highest BCUT2D eigenvalue weighted by atomic mass is 16.1. The normalized spacial score (nSPS) is 10.3. The summed E-state index contributed by atoms with van der Waals surface area (Å²) in [5.41, 5.74) is 0.192. The number of hydrazine groups is 1. The van der Waals surface area contributed by atoms with E-state index in [1.807, 2.05) is 18.2 Å². The molecule has 0 spiro atoms. The molecule has 0 aliphatic carbocycles. The zero-order valence-corrected chi connectivity index (χ0v) is 11.0. The van der Waals surface area contributed by atoms with Crippen LogP contribution in [0.5, 0.6) is 0 Å². The molecule has 2 aromatic heterocycles. The van der Waals surface area contributed by atoms with E-state index in [2.05, 4.69) is 15.0 Å². The zero-order chi connectivity index (χ0) is 14.7. The van der Waals surface area contributed by atoms with Gasteiger partial charge in [0.2, 0.25) is 0 Å². The number of hydrogen-bond donors (Lipinski definition) is 1. The summed E-state index contributed by atoms with van der Waals surface area (Å²) in [6.07, 6.45) is 2.95. The average molecular weight is 280 g/mol. The molecule has 0 radical (unpaired) electrons. The predicted molar refractivity (Wildman–Crippen MR) is 78.2 cm³/mol. The summed E-state index contributed by atoms with van der Waals surface area (Å²) < 4.78 is 1.25. The number of benzene rings is 1. The summed E-state index contributed by atoms with van der Waals surface area (Å²) in [6, 6.07) is 14.4. The number of hydrogen-bond acceptors (Lipinski definition) is 6. The SMILES string of the molecule is NN(c1ccccc1)c1ncn(-c2ccccn2)c(=O)n1. The standard InChI is InChI=1S/C14H12N6O/c15-20(11-6-2-1-3-7-11)13-17-10-19(14(21)18-13)12-8-4-5-9-16-12/h1-10H,15H2. The Morgan fingerprint density at radius 2 is 1.76 bits per heavy atom. The molecule has 1 aromatic carbocycles. The molecule has 3 rings (SSSR count). The van der Waals surface area contributed by atoms with Crippen LogP contribution < -0.4 is 16.5 Å². The van der Waals surface area contributed by atoms with Crippen LogP contribution in [0.25, 0.3) is 5.82 Å². The first-order valence-electron chi connectivity index (χ1n) is 6.23. The summed E-state index contributed by atoms with van der Waals surface area (Å²) in [6.45, 7) is 0. The molecule has 0 saturated carbocycles. The molecule has 0 saturated heterocycles. The van der Waals surface area contributed by atoms with Crippen molar-refractivity contribution in [2.75, 3.05) is 5.01 Å². The molecule has 7 heteroatoms. The summed E-state index contributed by atoms with van der Waals surface area (Å²) in [7, 11) is 0. The van der Waals surface area contributed by atoms with Crippen molar-refractivity contribution in [3.63, 3.8) is 0 Å².